The molecule has 3 heterocycles. The van der Waals surface area contributed by atoms with Gasteiger partial charge in [0.2, 0.25) is 21.8 Å². The van der Waals surface area contributed by atoms with Crippen LogP contribution in [0.3, 0.4) is 0 Å². The summed E-state index contributed by atoms with van der Waals surface area (Å²) in [6.07, 6.45) is 3.83. The van der Waals surface area contributed by atoms with E-state index >= 15 is 0 Å². The summed E-state index contributed by atoms with van der Waals surface area (Å²) < 4.78 is 40.9. The molecular formula is C30H34N6O6S2. The van der Waals surface area contributed by atoms with Gasteiger partial charge in [-0.3, -0.25) is 14.5 Å². The van der Waals surface area contributed by atoms with Crippen molar-refractivity contribution in [1.82, 2.24) is 24.6 Å². The lowest BCUT2D eigenvalue weighted by Crippen LogP contribution is -2.47. The zero-order valence-corrected chi connectivity index (χ0v) is 25.9. The van der Waals surface area contributed by atoms with Gasteiger partial charge < -0.3 is 14.8 Å². The molecule has 1 aliphatic heterocycles. The summed E-state index contributed by atoms with van der Waals surface area (Å²) in [5.41, 5.74) is 1.63. The Morgan fingerprint density at radius 3 is 2.61 bits per heavy atom. The number of hydrogen-bond acceptors (Lipinski definition) is 9. The molecule has 44 heavy (non-hydrogen) atoms. The summed E-state index contributed by atoms with van der Waals surface area (Å²) in [6, 6.07) is 14.5. The Morgan fingerprint density at radius 2 is 1.89 bits per heavy atom. The monoisotopic (exact) mass is 638 g/mol. The quantitative estimate of drug-likeness (QED) is 0.279. The molecule has 1 atom stereocenters. The van der Waals surface area contributed by atoms with E-state index in [9.17, 15) is 18.0 Å². The molecule has 0 unspecified atom stereocenters. The van der Waals surface area contributed by atoms with Crippen molar-refractivity contribution >= 4 is 49.9 Å². The number of thiophene rings is 1. The molecule has 0 bridgehead atoms. The predicted molar refractivity (Wildman–Crippen MR) is 165 cm³/mol. The van der Waals surface area contributed by atoms with E-state index in [0.29, 0.717) is 34.8 Å². The van der Waals surface area contributed by atoms with Crippen molar-refractivity contribution < 1.29 is 27.5 Å². The van der Waals surface area contributed by atoms with Crippen LogP contribution >= 0.6 is 11.3 Å². The molecule has 1 N–H and O–H groups in total. The summed E-state index contributed by atoms with van der Waals surface area (Å²) in [6.45, 7) is 0.862. The molecule has 2 fully saturated rings. The highest BCUT2D eigenvalue weighted by Crippen LogP contribution is 2.37. The predicted octanol–water partition coefficient (Wildman–Crippen LogP) is 3.36. The summed E-state index contributed by atoms with van der Waals surface area (Å²) in [5.74, 6) is -0.661. The number of nitrogens with one attached hydrogen (secondary N) is 1. The highest BCUT2D eigenvalue weighted by atomic mass is 32.2. The minimum absolute atomic E-state index is 0.0246. The van der Waals surface area contributed by atoms with Crippen molar-refractivity contribution in [2.45, 2.75) is 49.2 Å². The van der Waals surface area contributed by atoms with Crippen molar-refractivity contribution in [3.8, 4) is 5.75 Å². The van der Waals surface area contributed by atoms with Crippen LogP contribution in [0, 0.1) is 0 Å². The Kier molecular flexibility index (Phi) is 8.93. The molecule has 2 aromatic heterocycles. The maximum absolute atomic E-state index is 14.3. The Bertz CT molecular complexity index is 1730. The van der Waals surface area contributed by atoms with E-state index in [0.717, 1.165) is 25.7 Å². The molecule has 1 saturated carbocycles. The maximum atomic E-state index is 14.3. The number of methoxy groups -OCH3 is 1. The second-order valence-electron chi connectivity index (χ2n) is 10.8. The Balaban J connectivity index is 1.43. The van der Waals surface area contributed by atoms with Crippen LogP contribution in [0.25, 0.3) is 11.0 Å². The first kappa shape index (κ1) is 30.2. The number of nitrogens with zero attached hydrogens (tertiary/aromatic N) is 5. The number of carbonyl (C=O) groups excluding carboxylic acids is 2. The molecule has 232 valence electrons. The molecule has 2 aromatic carbocycles. The number of amides is 2. The van der Waals surface area contributed by atoms with E-state index in [4.69, 9.17) is 9.47 Å². The number of benzene rings is 2. The lowest BCUT2D eigenvalue weighted by Gasteiger charge is -2.32. The topological polar surface area (TPSA) is 136 Å². The third-order valence-corrected chi connectivity index (χ3v) is 10.9. The van der Waals surface area contributed by atoms with Gasteiger partial charge in [-0.2, -0.15) is 4.31 Å². The SMILES string of the molecule is COc1cc(N(C(=O)Cn2nnc3ccccc32)[C@@H](C(=O)NC2CCCC2)c2cccs2)ccc1S(=O)(=O)N1CCOCC1. The van der Waals surface area contributed by atoms with Crippen molar-refractivity contribution in [1.29, 1.82) is 0 Å². The van der Waals surface area contributed by atoms with Gasteiger partial charge in [0.05, 0.1) is 25.8 Å². The molecule has 12 nitrogen and oxygen atoms in total. The smallest absolute Gasteiger partial charge is 0.249 e. The number of morpholine rings is 1. The summed E-state index contributed by atoms with van der Waals surface area (Å²) in [7, 11) is -2.52. The number of fused-ring (bicyclic) bond motifs is 1. The van der Waals surface area contributed by atoms with E-state index in [1.54, 1.807) is 6.07 Å². The van der Waals surface area contributed by atoms with E-state index in [-0.39, 0.29) is 42.2 Å². The van der Waals surface area contributed by atoms with Gasteiger partial charge in [0.1, 0.15) is 28.7 Å². The third-order valence-electron chi connectivity index (χ3n) is 8.01. The van der Waals surface area contributed by atoms with Gasteiger partial charge in [-0.1, -0.05) is 36.3 Å². The van der Waals surface area contributed by atoms with Crippen LogP contribution in [0.1, 0.15) is 36.6 Å². The second kappa shape index (κ2) is 13.0. The molecule has 4 aromatic rings. The van der Waals surface area contributed by atoms with Crippen molar-refractivity contribution in [3.63, 3.8) is 0 Å². The van der Waals surface area contributed by atoms with Crippen LogP contribution in [0.2, 0.25) is 0 Å². The molecule has 1 saturated heterocycles. The molecule has 6 rings (SSSR count). The lowest BCUT2D eigenvalue weighted by atomic mass is 10.1. The number of ether oxygens (including phenoxy) is 2. The fraction of sp³-hybridized carbons (Fsp3) is 0.400. The zero-order chi connectivity index (χ0) is 30.7. The second-order valence-corrected chi connectivity index (χ2v) is 13.6. The Hall–Kier alpha value is -3.85. The Labute approximate surface area is 259 Å². The fourth-order valence-corrected chi connectivity index (χ4v) is 8.15. The summed E-state index contributed by atoms with van der Waals surface area (Å²) in [4.78, 5) is 30.4. The minimum atomic E-state index is -3.90. The van der Waals surface area contributed by atoms with E-state index in [1.165, 1.54) is 44.5 Å². The van der Waals surface area contributed by atoms with Gasteiger partial charge in [0.25, 0.3) is 0 Å². The highest BCUT2D eigenvalue weighted by molar-refractivity contribution is 7.89. The molecule has 0 spiro atoms. The molecular weight excluding hydrogens is 605 g/mol. The third kappa shape index (κ3) is 6.07. The number of hydrogen-bond donors (Lipinski definition) is 1. The van der Waals surface area contributed by atoms with Crippen LogP contribution in [-0.4, -0.2) is 79.0 Å². The number of carbonyl (C=O) groups is 2. The minimum Gasteiger partial charge on any atom is -0.495 e. The molecule has 1 aliphatic carbocycles. The van der Waals surface area contributed by atoms with Crippen molar-refractivity contribution in [3.05, 3.63) is 64.9 Å². The Morgan fingerprint density at radius 1 is 1.11 bits per heavy atom. The first-order chi connectivity index (χ1) is 21.4. The number of para-hydroxylation sites is 1. The van der Waals surface area contributed by atoms with Gasteiger partial charge in [0, 0.05) is 35.8 Å². The molecule has 2 aliphatic rings. The van der Waals surface area contributed by atoms with Gasteiger partial charge in [-0.05, 0) is 48.6 Å². The van der Waals surface area contributed by atoms with Crippen molar-refractivity contribution in [2.24, 2.45) is 0 Å². The molecule has 14 heteroatoms. The lowest BCUT2D eigenvalue weighted by molar-refractivity contribution is -0.127. The first-order valence-electron chi connectivity index (χ1n) is 14.6. The van der Waals surface area contributed by atoms with E-state index in [1.807, 2.05) is 41.8 Å². The number of rotatable bonds is 10. The standard InChI is InChI=1S/C30H34N6O6S2/c1-41-25-19-22(12-13-27(25)44(39,40)34-14-16-42-17-15-34)36(28(37)20-35-24-10-5-4-9-23(24)32-33-35)29(26-11-6-18-43-26)30(38)31-21-7-2-3-8-21/h4-6,9-13,18-19,21,29H,2-3,7-8,14-17,20H2,1H3,(H,31,38)/t29-/m1/s1. The maximum Gasteiger partial charge on any atom is 0.249 e. The van der Waals surface area contributed by atoms with Gasteiger partial charge in [-0.15, -0.1) is 16.4 Å². The average Bonchev–Trinajstić information content (AvgIpc) is 3.83. The number of anilines is 1. The van der Waals surface area contributed by atoms with Crippen LogP contribution < -0.4 is 15.0 Å². The average molecular weight is 639 g/mol. The number of aromatic nitrogens is 3. The van der Waals surface area contributed by atoms with Crippen LogP contribution in [0.4, 0.5) is 5.69 Å². The van der Waals surface area contributed by atoms with Crippen LogP contribution in [-0.2, 0) is 30.9 Å². The van der Waals surface area contributed by atoms with Gasteiger partial charge in [0.15, 0.2) is 0 Å². The summed E-state index contributed by atoms with van der Waals surface area (Å²) >= 11 is 1.37. The molecule has 2 amide bonds. The zero-order valence-electron chi connectivity index (χ0n) is 24.3. The largest absolute Gasteiger partial charge is 0.495 e. The molecule has 0 radical (unpaired) electrons. The van der Waals surface area contributed by atoms with Gasteiger partial charge in [-0.25, -0.2) is 13.1 Å². The van der Waals surface area contributed by atoms with Crippen LogP contribution in [0.15, 0.2) is 64.9 Å². The highest BCUT2D eigenvalue weighted by Gasteiger charge is 2.37. The normalized spacial score (nSPS) is 17.0. The summed E-state index contributed by atoms with van der Waals surface area (Å²) in [5, 5.41) is 13.4. The van der Waals surface area contributed by atoms with Crippen molar-refractivity contribution in [2.75, 3.05) is 38.3 Å². The first-order valence-corrected chi connectivity index (χ1v) is 16.9. The number of sulfonamides is 1. The fourth-order valence-electron chi connectivity index (χ4n) is 5.79. The van der Waals surface area contributed by atoms with Gasteiger partial charge >= 0.3 is 0 Å². The van der Waals surface area contributed by atoms with Crippen LogP contribution in [0.5, 0.6) is 5.75 Å². The van der Waals surface area contributed by atoms with E-state index in [2.05, 4.69) is 15.6 Å². The van der Waals surface area contributed by atoms with E-state index < -0.39 is 22.0 Å².